The van der Waals surface area contributed by atoms with Crippen molar-refractivity contribution in [3.05, 3.63) is 66.7 Å². The number of carbonyl (C=O) groups excluding carboxylic acids is 1. The van der Waals surface area contributed by atoms with Crippen molar-refractivity contribution in [3.8, 4) is 11.5 Å². The highest BCUT2D eigenvalue weighted by Gasteiger charge is 2.14. The molecule has 2 N–H and O–H groups in total. The van der Waals surface area contributed by atoms with Gasteiger partial charge in [0.25, 0.3) is 5.91 Å². The van der Waals surface area contributed by atoms with E-state index < -0.39 is 0 Å². The van der Waals surface area contributed by atoms with Crippen LogP contribution in [0.4, 0.5) is 5.69 Å². The standard InChI is InChI=1S/C16H12N6O/c17-12-9-11(16(23)21-7-3-4-8-21)10-22-15(12)19-14(20-22)13-5-1-2-6-18-13/h1-10H,17H2. The summed E-state index contributed by atoms with van der Waals surface area (Å²) in [5, 5.41) is 4.37. The first-order chi connectivity index (χ1) is 11.2. The second-order valence-electron chi connectivity index (χ2n) is 5.00. The highest BCUT2D eigenvalue weighted by molar-refractivity contribution is 5.97. The molecule has 0 bridgehead atoms. The van der Waals surface area contributed by atoms with E-state index in [1.807, 2.05) is 18.2 Å². The summed E-state index contributed by atoms with van der Waals surface area (Å²) in [5.74, 6) is 0.279. The minimum atomic E-state index is -0.182. The summed E-state index contributed by atoms with van der Waals surface area (Å²) in [6.07, 6.45) is 6.66. The first kappa shape index (κ1) is 13.2. The topological polar surface area (TPSA) is 91.1 Å². The van der Waals surface area contributed by atoms with Crippen LogP contribution in [0.15, 0.2) is 61.2 Å². The smallest absolute Gasteiger partial charge is 0.263 e. The van der Waals surface area contributed by atoms with Crippen LogP contribution in [0.5, 0.6) is 0 Å². The van der Waals surface area contributed by atoms with Gasteiger partial charge >= 0.3 is 0 Å². The van der Waals surface area contributed by atoms with Gasteiger partial charge in [-0.25, -0.2) is 9.50 Å². The van der Waals surface area contributed by atoms with E-state index in [4.69, 9.17) is 5.73 Å². The summed E-state index contributed by atoms with van der Waals surface area (Å²) in [4.78, 5) is 21.0. The van der Waals surface area contributed by atoms with Crippen molar-refractivity contribution in [2.45, 2.75) is 0 Å². The van der Waals surface area contributed by atoms with Crippen LogP contribution in [0.2, 0.25) is 0 Å². The van der Waals surface area contributed by atoms with E-state index in [9.17, 15) is 4.79 Å². The van der Waals surface area contributed by atoms with E-state index in [0.29, 0.717) is 28.4 Å². The Kier molecular flexibility index (Phi) is 2.90. The van der Waals surface area contributed by atoms with Gasteiger partial charge in [0.1, 0.15) is 5.69 Å². The Morgan fingerprint density at radius 3 is 2.70 bits per heavy atom. The Balaban J connectivity index is 1.83. The zero-order valence-electron chi connectivity index (χ0n) is 12.0. The van der Waals surface area contributed by atoms with Crippen LogP contribution in [0.1, 0.15) is 10.4 Å². The van der Waals surface area contributed by atoms with Crippen molar-refractivity contribution >= 4 is 17.2 Å². The van der Waals surface area contributed by atoms with Crippen molar-refractivity contribution in [1.29, 1.82) is 0 Å². The molecular weight excluding hydrogens is 292 g/mol. The molecule has 7 heteroatoms. The van der Waals surface area contributed by atoms with Gasteiger partial charge in [-0.2, -0.15) is 0 Å². The van der Waals surface area contributed by atoms with Gasteiger partial charge in [0.15, 0.2) is 5.65 Å². The molecule has 7 nitrogen and oxygen atoms in total. The van der Waals surface area contributed by atoms with Crippen LogP contribution in [0.3, 0.4) is 0 Å². The largest absolute Gasteiger partial charge is 0.396 e. The summed E-state index contributed by atoms with van der Waals surface area (Å²) in [7, 11) is 0. The van der Waals surface area contributed by atoms with Crippen molar-refractivity contribution in [2.75, 3.05) is 5.73 Å². The number of fused-ring (bicyclic) bond motifs is 1. The van der Waals surface area contributed by atoms with E-state index >= 15 is 0 Å². The zero-order valence-corrected chi connectivity index (χ0v) is 12.0. The highest BCUT2D eigenvalue weighted by Crippen LogP contribution is 2.19. The molecule has 0 aliphatic heterocycles. The first-order valence-electron chi connectivity index (χ1n) is 6.97. The van der Waals surface area contributed by atoms with Crippen LogP contribution in [0, 0.1) is 0 Å². The van der Waals surface area contributed by atoms with Gasteiger partial charge in [0.2, 0.25) is 5.82 Å². The Morgan fingerprint density at radius 1 is 1.13 bits per heavy atom. The lowest BCUT2D eigenvalue weighted by Crippen LogP contribution is -2.11. The lowest BCUT2D eigenvalue weighted by molar-refractivity contribution is 0.0960. The molecule has 0 unspecified atom stereocenters. The van der Waals surface area contributed by atoms with Gasteiger partial charge < -0.3 is 5.73 Å². The molecule has 0 aliphatic rings. The maximum Gasteiger partial charge on any atom is 0.263 e. The molecular formula is C16H12N6O. The van der Waals surface area contributed by atoms with Gasteiger partial charge in [-0.15, -0.1) is 5.10 Å². The molecule has 4 aromatic heterocycles. The van der Waals surface area contributed by atoms with Crippen LogP contribution in [0.25, 0.3) is 17.2 Å². The molecule has 0 fully saturated rings. The van der Waals surface area contributed by atoms with E-state index in [-0.39, 0.29) is 5.91 Å². The molecule has 0 saturated heterocycles. The van der Waals surface area contributed by atoms with Crippen LogP contribution >= 0.6 is 0 Å². The zero-order chi connectivity index (χ0) is 15.8. The van der Waals surface area contributed by atoms with Crippen molar-refractivity contribution in [1.82, 2.24) is 24.1 Å². The number of aromatic nitrogens is 5. The van der Waals surface area contributed by atoms with E-state index in [1.165, 1.54) is 9.08 Å². The Hall–Kier alpha value is -3.48. The molecule has 23 heavy (non-hydrogen) atoms. The second-order valence-corrected chi connectivity index (χ2v) is 5.00. The van der Waals surface area contributed by atoms with E-state index in [0.717, 1.165) is 0 Å². The van der Waals surface area contributed by atoms with Crippen molar-refractivity contribution in [3.63, 3.8) is 0 Å². The molecule has 4 heterocycles. The number of nitrogens with zero attached hydrogens (tertiary/aromatic N) is 5. The first-order valence-corrected chi connectivity index (χ1v) is 6.97. The monoisotopic (exact) mass is 304 g/mol. The fourth-order valence-electron chi connectivity index (χ4n) is 2.35. The predicted molar refractivity (Wildman–Crippen MR) is 84.8 cm³/mol. The molecule has 4 aromatic rings. The second kappa shape index (κ2) is 5.06. The van der Waals surface area contributed by atoms with E-state index in [1.54, 1.807) is 43.0 Å². The summed E-state index contributed by atoms with van der Waals surface area (Å²) in [6, 6.07) is 10.7. The van der Waals surface area contributed by atoms with Crippen LogP contribution in [-0.4, -0.2) is 30.1 Å². The fraction of sp³-hybridized carbons (Fsp3) is 0. The molecule has 4 rings (SSSR count). The van der Waals surface area contributed by atoms with Gasteiger partial charge in [-0.1, -0.05) is 6.07 Å². The van der Waals surface area contributed by atoms with Crippen molar-refractivity contribution < 1.29 is 4.79 Å². The molecule has 112 valence electrons. The SMILES string of the molecule is Nc1cc(C(=O)n2cccc2)cn2nc(-c3ccccn3)nc12. The normalized spacial score (nSPS) is 11.0. The average molecular weight is 304 g/mol. The van der Waals surface area contributed by atoms with Crippen LogP contribution < -0.4 is 5.73 Å². The number of carbonyl (C=O) groups is 1. The number of nitrogens with two attached hydrogens (primary N) is 1. The Labute approximate surface area is 131 Å². The minimum absolute atomic E-state index is 0.182. The summed E-state index contributed by atoms with van der Waals surface area (Å²) >= 11 is 0. The van der Waals surface area contributed by atoms with Gasteiger partial charge in [0.05, 0.1) is 11.3 Å². The number of rotatable bonds is 2. The maximum absolute atomic E-state index is 12.4. The van der Waals surface area contributed by atoms with Gasteiger partial charge in [-0.3, -0.25) is 14.3 Å². The third-order valence-electron chi connectivity index (χ3n) is 3.44. The number of anilines is 1. The summed E-state index contributed by atoms with van der Waals surface area (Å²) in [5.41, 5.74) is 8.00. The molecule has 0 saturated carbocycles. The average Bonchev–Trinajstić information content (AvgIpc) is 3.24. The quantitative estimate of drug-likeness (QED) is 0.610. The molecule has 0 atom stereocenters. The third-order valence-corrected chi connectivity index (χ3v) is 3.44. The fourth-order valence-corrected chi connectivity index (χ4v) is 2.35. The Bertz CT molecular complexity index is 988. The molecule has 0 aromatic carbocycles. The lowest BCUT2D eigenvalue weighted by Gasteiger charge is -2.04. The lowest BCUT2D eigenvalue weighted by atomic mass is 10.2. The van der Waals surface area contributed by atoms with Crippen LogP contribution in [-0.2, 0) is 0 Å². The number of hydrogen-bond donors (Lipinski definition) is 1. The molecule has 0 amide bonds. The van der Waals surface area contributed by atoms with Crippen molar-refractivity contribution in [2.24, 2.45) is 0 Å². The highest BCUT2D eigenvalue weighted by atomic mass is 16.2. The Morgan fingerprint density at radius 2 is 1.96 bits per heavy atom. The number of hydrogen-bond acceptors (Lipinski definition) is 5. The molecule has 0 spiro atoms. The summed E-state index contributed by atoms with van der Waals surface area (Å²) in [6.45, 7) is 0. The minimum Gasteiger partial charge on any atom is -0.396 e. The molecule has 0 aliphatic carbocycles. The third kappa shape index (κ3) is 2.24. The summed E-state index contributed by atoms with van der Waals surface area (Å²) < 4.78 is 2.99. The van der Waals surface area contributed by atoms with E-state index in [2.05, 4.69) is 15.1 Å². The predicted octanol–water partition coefficient (Wildman–Crippen LogP) is 1.86. The maximum atomic E-state index is 12.4. The van der Waals surface area contributed by atoms with Gasteiger partial charge in [-0.05, 0) is 30.3 Å². The molecule has 0 radical (unpaired) electrons. The number of nitrogen functional groups attached to an aromatic ring is 1. The van der Waals surface area contributed by atoms with Gasteiger partial charge in [0, 0.05) is 24.8 Å². The number of pyridine rings is 2.